The zero-order valence-corrected chi connectivity index (χ0v) is 17.5. The fraction of sp³-hybridized carbons (Fsp3) is 0.211. The van der Waals surface area contributed by atoms with Gasteiger partial charge in [-0.1, -0.05) is 11.6 Å². The first kappa shape index (κ1) is 22.3. The molecule has 164 valence electrons. The highest BCUT2D eigenvalue weighted by molar-refractivity contribution is 6.32. The number of nitrogens with one attached hydrogen (secondary N) is 2. The Hall–Kier alpha value is -4.42. The Labute approximate surface area is 187 Å². The minimum atomic E-state index is -0.829. The number of aliphatic imine (C=N–C) groups is 1. The predicted molar refractivity (Wildman–Crippen MR) is 117 cm³/mol. The summed E-state index contributed by atoms with van der Waals surface area (Å²) in [6.45, 7) is 1.64. The van der Waals surface area contributed by atoms with E-state index in [1.165, 1.54) is 6.07 Å². The first-order chi connectivity index (χ1) is 15.3. The number of guanidine groups is 1. The minimum Gasteiger partial charge on any atom is -0.490 e. The standard InChI is InChI=1S/C19H18ClN9O3/c1-2-31-11-4-8(3-10(20)16(11)32-6-12(23)30)15-13-14(24)9(5-21)17(25)28-18(13)29-19(27-15)26-7-22/h3-4,15H,2,6H2,1H3,(H2,23,30)(H6,24,25,26,27,28,29). The number of pyridine rings is 1. The molecule has 0 saturated heterocycles. The van der Waals surface area contributed by atoms with Crippen molar-refractivity contribution in [2.45, 2.75) is 13.0 Å². The lowest BCUT2D eigenvalue weighted by atomic mass is 9.95. The van der Waals surface area contributed by atoms with Gasteiger partial charge in [0, 0.05) is 5.56 Å². The number of carbonyl (C=O) groups excluding carboxylic acids is 1. The van der Waals surface area contributed by atoms with Gasteiger partial charge in [0.1, 0.15) is 29.3 Å². The van der Waals surface area contributed by atoms with E-state index in [0.717, 1.165) is 0 Å². The molecule has 0 radical (unpaired) electrons. The van der Waals surface area contributed by atoms with Crippen molar-refractivity contribution in [1.29, 1.82) is 10.5 Å². The number of hydrogen-bond donors (Lipinski definition) is 5. The Morgan fingerprint density at radius 1 is 1.34 bits per heavy atom. The van der Waals surface area contributed by atoms with E-state index in [9.17, 15) is 10.1 Å². The lowest BCUT2D eigenvalue weighted by molar-refractivity contribution is -0.119. The molecule has 8 N–H and O–H groups in total. The number of primary amides is 1. The van der Waals surface area contributed by atoms with Gasteiger partial charge in [0.05, 0.1) is 17.3 Å². The molecule has 1 atom stereocenters. The monoisotopic (exact) mass is 455 g/mol. The molecule has 1 aromatic carbocycles. The fourth-order valence-electron chi connectivity index (χ4n) is 3.11. The van der Waals surface area contributed by atoms with Gasteiger partial charge in [0.15, 0.2) is 24.3 Å². The number of rotatable bonds is 6. The van der Waals surface area contributed by atoms with E-state index in [-0.39, 0.29) is 52.0 Å². The minimum absolute atomic E-state index is 0.0000161. The molecule has 1 aromatic heterocycles. The number of amides is 1. The van der Waals surface area contributed by atoms with Gasteiger partial charge in [0.2, 0.25) is 5.96 Å². The largest absolute Gasteiger partial charge is 0.490 e. The summed E-state index contributed by atoms with van der Waals surface area (Å²) in [4.78, 5) is 19.8. The maximum absolute atomic E-state index is 11.1. The summed E-state index contributed by atoms with van der Waals surface area (Å²) < 4.78 is 11.0. The summed E-state index contributed by atoms with van der Waals surface area (Å²) in [5, 5.41) is 23.8. The smallest absolute Gasteiger partial charge is 0.255 e. The number of fused-ring (bicyclic) bond motifs is 1. The number of nitriles is 2. The Morgan fingerprint density at radius 3 is 2.72 bits per heavy atom. The van der Waals surface area contributed by atoms with E-state index < -0.39 is 18.6 Å². The molecule has 0 spiro atoms. The van der Waals surface area contributed by atoms with E-state index >= 15 is 0 Å². The molecule has 32 heavy (non-hydrogen) atoms. The average molecular weight is 456 g/mol. The Kier molecular flexibility index (Phi) is 6.37. The number of halogens is 1. The van der Waals surface area contributed by atoms with Crippen molar-refractivity contribution in [3.05, 3.63) is 33.8 Å². The van der Waals surface area contributed by atoms with E-state index in [0.29, 0.717) is 11.1 Å². The number of benzene rings is 1. The van der Waals surface area contributed by atoms with Gasteiger partial charge < -0.3 is 32.0 Å². The van der Waals surface area contributed by atoms with Crippen molar-refractivity contribution >= 4 is 40.8 Å². The van der Waals surface area contributed by atoms with Gasteiger partial charge in [-0.2, -0.15) is 10.5 Å². The molecule has 2 heterocycles. The second-order valence-electron chi connectivity index (χ2n) is 6.42. The SMILES string of the molecule is CCOc1cc(C2N=C(NC#N)Nc3nc(N)c(C#N)c(N)c32)cc(Cl)c1OCC(N)=O. The topological polar surface area (TPSA) is 210 Å². The first-order valence-electron chi connectivity index (χ1n) is 9.16. The molecule has 0 saturated carbocycles. The van der Waals surface area contributed by atoms with Crippen LogP contribution in [0.2, 0.25) is 5.02 Å². The summed E-state index contributed by atoms with van der Waals surface area (Å²) in [5.41, 5.74) is 18.2. The molecule has 12 nitrogen and oxygen atoms in total. The van der Waals surface area contributed by atoms with E-state index in [1.807, 2.05) is 6.07 Å². The van der Waals surface area contributed by atoms with Crippen LogP contribution in [0.1, 0.15) is 29.7 Å². The number of aromatic nitrogens is 1. The van der Waals surface area contributed by atoms with Gasteiger partial charge in [-0.05, 0) is 24.6 Å². The summed E-state index contributed by atoms with van der Waals surface area (Å²) in [6.07, 6.45) is 1.77. The zero-order valence-electron chi connectivity index (χ0n) is 16.8. The molecular formula is C19H18ClN9O3. The molecule has 13 heteroatoms. The number of carbonyl (C=O) groups is 1. The molecule has 1 aliphatic rings. The first-order valence-corrected chi connectivity index (χ1v) is 9.54. The van der Waals surface area contributed by atoms with Gasteiger partial charge in [-0.3, -0.25) is 10.1 Å². The van der Waals surface area contributed by atoms with Crippen molar-refractivity contribution in [2.75, 3.05) is 30.0 Å². The molecule has 0 fully saturated rings. The Balaban J connectivity index is 2.21. The molecule has 1 aliphatic heterocycles. The number of nitrogens with zero attached hydrogens (tertiary/aromatic N) is 4. The maximum atomic E-state index is 11.1. The lowest BCUT2D eigenvalue weighted by Crippen LogP contribution is -2.32. The van der Waals surface area contributed by atoms with E-state index in [4.69, 9.17) is 43.5 Å². The van der Waals surface area contributed by atoms with Gasteiger partial charge in [-0.15, -0.1) is 0 Å². The number of ether oxygens (including phenoxy) is 2. The highest BCUT2D eigenvalue weighted by Gasteiger charge is 2.31. The third-order valence-corrected chi connectivity index (χ3v) is 4.64. The van der Waals surface area contributed by atoms with Crippen molar-refractivity contribution < 1.29 is 14.3 Å². The number of nitrogens with two attached hydrogens (primary N) is 3. The predicted octanol–water partition coefficient (Wildman–Crippen LogP) is 0.975. The summed E-state index contributed by atoms with van der Waals surface area (Å²) in [5.74, 6) is -0.0767. The number of anilines is 3. The molecule has 1 unspecified atom stereocenters. The summed E-state index contributed by atoms with van der Waals surface area (Å²) in [7, 11) is 0. The Bertz CT molecular complexity index is 1200. The molecule has 3 rings (SSSR count). The van der Waals surface area contributed by atoms with Crippen LogP contribution in [0.25, 0.3) is 0 Å². The molecule has 0 aliphatic carbocycles. The second kappa shape index (κ2) is 9.16. The van der Waals surface area contributed by atoms with Crippen LogP contribution < -0.4 is 37.3 Å². The van der Waals surface area contributed by atoms with E-state index in [1.54, 1.807) is 19.2 Å². The van der Waals surface area contributed by atoms with Gasteiger partial charge >= 0.3 is 0 Å². The van der Waals surface area contributed by atoms with Crippen LogP contribution in [0.5, 0.6) is 11.5 Å². The number of nitrogen functional groups attached to an aromatic ring is 2. The fourth-order valence-corrected chi connectivity index (χ4v) is 3.39. The molecular weight excluding hydrogens is 438 g/mol. The lowest BCUT2D eigenvalue weighted by Gasteiger charge is -2.27. The second-order valence-corrected chi connectivity index (χ2v) is 6.83. The third-order valence-electron chi connectivity index (χ3n) is 4.36. The quantitative estimate of drug-likeness (QED) is 0.307. The highest BCUT2D eigenvalue weighted by Crippen LogP contribution is 2.44. The zero-order chi connectivity index (χ0) is 23.4. The number of hydrogen-bond acceptors (Lipinski definition) is 11. The Morgan fingerprint density at radius 2 is 2.09 bits per heavy atom. The molecule has 2 aromatic rings. The van der Waals surface area contributed by atoms with Crippen LogP contribution in [0.4, 0.5) is 17.3 Å². The van der Waals surface area contributed by atoms with Crippen LogP contribution in [-0.2, 0) is 4.79 Å². The third kappa shape index (κ3) is 4.21. The van der Waals surface area contributed by atoms with Crippen LogP contribution in [-0.4, -0.2) is 30.1 Å². The summed E-state index contributed by atoms with van der Waals surface area (Å²) >= 11 is 6.41. The normalized spacial score (nSPS) is 14.1. The van der Waals surface area contributed by atoms with Crippen molar-refractivity contribution in [1.82, 2.24) is 10.3 Å². The van der Waals surface area contributed by atoms with Crippen molar-refractivity contribution in [3.8, 4) is 23.8 Å². The molecule has 0 bridgehead atoms. The van der Waals surface area contributed by atoms with Gasteiger partial charge in [0.25, 0.3) is 5.91 Å². The van der Waals surface area contributed by atoms with Crippen LogP contribution in [0, 0.1) is 22.8 Å². The van der Waals surface area contributed by atoms with Gasteiger partial charge in [-0.25, -0.2) is 9.98 Å². The average Bonchev–Trinajstić information content (AvgIpc) is 2.72. The van der Waals surface area contributed by atoms with Crippen molar-refractivity contribution in [3.63, 3.8) is 0 Å². The highest BCUT2D eigenvalue weighted by atomic mass is 35.5. The molecule has 1 amide bonds. The van der Waals surface area contributed by atoms with E-state index in [2.05, 4.69) is 20.6 Å². The van der Waals surface area contributed by atoms with Crippen LogP contribution in [0.3, 0.4) is 0 Å². The maximum Gasteiger partial charge on any atom is 0.255 e. The van der Waals surface area contributed by atoms with Crippen molar-refractivity contribution in [2.24, 2.45) is 10.7 Å². The summed E-state index contributed by atoms with van der Waals surface area (Å²) in [6, 6.07) is 4.24. The van der Waals surface area contributed by atoms with Crippen LogP contribution >= 0.6 is 11.6 Å². The van der Waals surface area contributed by atoms with Crippen LogP contribution in [0.15, 0.2) is 17.1 Å².